The third-order valence-corrected chi connectivity index (χ3v) is 6.64. The highest BCUT2D eigenvalue weighted by Crippen LogP contribution is 2.34. The summed E-state index contributed by atoms with van der Waals surface area (Å²) in [5.41, 5.74) is -0.336. The molecule has 1 atom stereocenters. The molecule has 36 heavy (non-hydrogen) atoms. The largest absolute Gasteiger partial charge is 0.492 e. The van der Waals surface area contributed by atoms with E-state index in [0.717, 1.165) is 30.7 Å². The van der Waals surface area contributed by atoms with Crippen LogP contribution < -0.4 is 10.2 Å². The Morgan fingerprint density at radius 3 is 2.50 bits per heavy atom. The van der Waals surface area contributed by atoms with E-state index < -0.39 is 17.6 Å². The van der Waals surface area contributed by atoms with Gasteiger partial charge in [-0.3, -0.25) is 14.2 Å². The van der Waals surface area contributed by atoms with E-state index in [-0.39, 0.29) is 34.9 Å². The molecule has 0 unspecified atom stereocenters. The first kappa shape index (κ1) is 26.5. The molecule has 0 aliphatic carbocycles. The average Bonchev–Trinajstić information content (AvgIpc) is 3.39. The molecule has 7 nitrogen and oxygen atoms in total. The molecule has 2 fully saturated rings. The molecule has 1 aromatic heterocycles. The molecule has 1 aromatic carbocycles. The van der Waals surface area contributed by atoms with E-state index in [9.17, 15) is 18.0 Å². The summed E-state index contributed by atoms with van der Waals surface area (Å²) in [5, 5.41) is 0. The van der Waals surface area contributed by atoms with E-state index in [1.54, 1.807) is 0 Å². The number of hydrogen-bond acceptors (Lipinski definition) is 4. The molecule has 3 heterocycles. The number of benzene rings is 1. The summed E-state index contributed by atoms with van der Waals surface area (Å²) in [7, 11) is 1.89. The Morgan fingerprint density at radius 2 is 1.94 bits per heavy atom. The fraction of sp³-hybridized carbons (Fsp3) is 0.615. The molecule has 2 aliphatic heterocycles. The number of carbonyl (C=O) groups is 1. The Morgan fingerprint density at radius 1 is 1.22 bits per heavy atom. The highest BCUT2D eigenvalue weighted by atomic mass is 19.4. The average molecular weight is 510 g/mol. The van der Waals surface area contributed by atoms with E-state index in [4.69, 9.17) is 14.2 Å². The molecule has 0 N–H and O–H groups in total. The van der Waals surface area contributed by atoms with Crippen molar-refractivity contribution >= 4 is 5.91 Å². The quantitative estimate of drug-likeness (QED) is 0.576. The van der Waals surface area contributed by atoms with Crippen LogP contribution in [0.15, 0.2) is 29.3 Å². The maximum absolute atomic E-state index is 13.5. The van der Waals surface area contributed by atoms with E-state index in [1.165, 1.54) is 6.07 Å². The number of rotatable bonds is 6. The fourth-order valence-corrected chi connectivity index (χ4v) is 4.51. The highest BCUT2D eigenvalue weighted by Gasteiger charge is 2.36. The van der Waals surface area contributed by atoms with Gasteiger partial charge in [0.1, 0.15) is 5.75 Å². The van der Waals surface area contributed by atoms with Gasteiger partial charge in [-0.2, -0.15) is 18.2 Å². The van der Waals surface area contributed by atoms with Crippen LogP contribution in [-0.4, -0.2) is 47.8 Å². The predicted octanol–water partition coefficient (Wildman–Crippen LogP) is 4.48. The van der Waals surface area contributed by atoms with Gasteiger partial charge < -0.3 is 14.2 Å². The number of hydrogen-bond donors (Lipinski definition) is 0. The molecule has 0 saturated carbocycles. The van der Waals surface area contributed by atoms with Gasteiger partial charge in [0.05, 0.1) is 43.6 Å². The van der Waals surface area contributed by atoms with Gasteiger partial charge in [0.25, 0.3) is 5.91 Å². The first-order chi connectivity index (χ1) is 16.8. The molecule has 10 heteroatoms. The van der Waals surface area contributed by atoms with Crippen molar-refractivity contribution < 1.29 is 32.2 Å². The van der Waals surface area contributed by atoms with Crippen molar-refractivity contribution in [1.82, 2.24) is 9.36 Å². The van der Waals surface area contributed by atoms with Gasteiger partial charge in [0.2, 0.25) is 0 Å². The van der Waals surface area contributed by atoms with Gasteiger partial charge in [0, 0.05) is 36.2 Å². The number of ether oxygens (including phenoxy) is 3. The van der Waals surface area contributed by atoms with Crippen LogP contribution in [0.4, 0.5) is 13.2 Å². The second kappa shape index (κ2) is 9.70. The lowest BCUT2D eigenvalue weighted by Crippen LogP contribution is -2.44. The van der Waals surface area contributed by atoms with Crippen LogP contribution in [0.5, 0.6) is 5.75 Å². The molecule has 2 aromatic rings. The Labute approximate surface area is 208 Å². The number of aromatic nitrogens is 2. The van der Waals surface area contributed by atoms with Crippen molar-refractivity contribution in [1.29, 1.82) is 0 Å². The Bertz CT molecular complexity index is 1180. The lowest BCUT2D eigenvalue weighted by molar-refractivity contribution is -0.137. The van der Waals surface area contributed by atoms with Crippen molar-refractivity contribution in [3.8, 4) is 5.75 Å². The SMILES string of the molecule is Cn1c(C(C)(C)C)cc(=NC(=O)c2cc(C(F)(F)F)ccc2OCC2(C)COC2)n1C[C@H]1CCCO1. The smallest absolute Gasteiger partial charge is 0.416 e. The summed E-state index contributed by atoms with van der Waals surface area (Å²) in [4.78, 5) is 17.7. The topological polar surface area (TPSA) is 67.0 Å². The van der Waals surface area contributed by atoms with Crippen molar-refractivity contribution in [2.24, 2.45) is 17.5 Å². The summed E-state index contributed by atoms with van der Waals surface area (Å²) in [6.07, 6.45) is -2.77. The second-order valence-corrected chi connectivity index (χ2v) is 11.1. The van der Waals surface area contributed by atoms with Gasteiger partial charge in [0.15, 0.2) is 5.49 Å². The van der Waals surface area contributed by atoms with Crippen molar-refractivity contribution in [3.05, 3.63) is 46.6 Å². The van der Waals surface area contributed by atoms with Gasteiger partial charge in [-0.15, -0.1) is 0 Å². The van der Waals surface area contributed by atoms with Gasteiger partial charge in [-0.1, -0.05) is 27.7 Å². The molecule has 198 valence electrons. The van der Waals surface area contributed by atoms with Crippen molar-refractivity contribution in [3.63, 3.8) is 0 Å². The number of halogens is 3. The van der Waals surface area contributed by atoms with E-state index >= 15 is 0 Å². The van der Waals surface area contributed by atoms with Crippen molar-refractivity contribution in [2.45, 2.75) is 64.8 Å². The van der Waals surface area contributed by atoms with E-state index in [1.807, 2.05) is 50.2 Å². The third-order valence-electron chi connectivity index (χ3n) is 6.64. The molecule has 0 bridgehead atoms. The highest BCUT2D eigenvalue weighted by molar-refractivity contribution is 5.97. The van der Waals surface area contributed by atoms with Crippen LogP contribution in [-0.2, 0) is 34.7 Å². The summed E-state index contributed by atoms with van der Waals surface area (Å²) < 4.78 is 61.1. The lowest BCUT2D eigenvalue weighted by Gasteiger charge is -2.37. The van der Waals surface area contributed by atoms with E-state index in [2.05, 4.69) is 4.99 Å². The summed E-state index contributed by atoms with van der Waals surface area (Å²) in [6.45, 7) is 10.5. The monoisotopic (exact) mass is 509 g/mol. The van der Waals surface area contributed by atoms with Crippen LogP contribution in [0.2, 0.25) is 0 Å². The van der Waals surface area contributed by atoms with E-state index in [0.29, 0.717) is 31.9 Å². The molecule has 1 amide bonds. The van der Waals surface area contributed by atoms with Crippen LogP contribution in [0.25, 0.3) is 0 Å². The zero-order chi connectivity index (χ0) is 26.3. The minimum absolute atomic E-state index is 0.0154. The minimum atomic E-state index is -4.60. The van der Waals surface area contributed by atoms with Crippen LogP contribution in [0.3, 0.4) is 0 Å². The zero-order valence-corrected chi connectivity index (χ0v) is 21.4. The zero-order valence-electron chi connectivity index (χ0n) is 21.4. The molecular formula is C26H34F3N3O4. The van der Waals surface area contributed by atoms with Crippen molar-refractivity contribution in [2.75, 3.05) is 26.4 Å². The number of carbonyl (C=O) groups excluding carboxylic acids is 1. The van der Waals surface area contributed by atoms with Gasteiger partial charge >= 0.3 is 6.18 Å². The standard InChI is InChI=1S/C26H34F3N3O4/c1-24(2,3)21-12-22(32(31(21)5)13-18-7-6-10-35-18)30-23(33)19-11-17(26(27,28)29)8-9-20(19)36-16-25(4)14-34-15-25/h8-9,11-12,18H,6-7,10,13-16H2,1-5H3/t18-/m1/s1. The number of alkyl halides is 3. The Kier molecular flexibility index (Phi) is 7.13. The molecule has 0 radical (unpaired) electrons. The number of nitrogens with zero attached hydrogens (tertiary/aromatic N) is 3. The molecular weight excluding hydrogens is 475 g/mol. The maximum atomic E-state index is 13.5. The van der Waals surface area contributed by atoms with Gasteiger partial charge in [-0.25, -0.2) is 0 Å². The normalized spacial score (nSPS) is 20.4. The maximum Gasteiger partial charge on any atom is 0.416 e. The van der Waals surface area contributed by atoms with Crippen LogP contribution >= 0.6 is 0 Å². The molecule has 2 saturated heterocycles. The predicted molar refractivity (Wildman–Crippen MR) is 127 cm³/mol. The lowest BCUT2D eigenvalue weighted by atomic mass is 9.90. The first-order valence-corrected chi connectivity index (χ1v) is 12.2. The second-order valence-electron chi connectivity index (χ2n) is 11.1. The molecule has 0 spiro atoms. The number of amides is 1. The van der Waals surface area contributed by atoms with Crippen LogP contribution in [0, 0.1) is 5.41 Å². The minimum Gasteiger partial charge on any atom is -0.492 e. The summed E-state index contributed by atoms with van der Waals surface area (Å²) in [5.74, 6) is -0.721. The molecule has 2 aliphatic rings. The van der Waals surface area contributed by atoms with Gasteiger partial charge in [-0.05, 0) is 31.0 Å². The fourth-order valence-electron chi connectivity index (χ4n) is 4.51. The van der Waals surface area contributed by atoms with Crippen LogP contribution in [0.1, 0.15) is 62.2 Å². The first-order valence-electron chi connectivity index (χ1n) is 12.2. The Hall–Kier alpha value is -2.59. The Balaban J connectivity index is 1.75. The summed E-state index contributed by atoms with van der Waals surface area (Å²) in [6, 6.07) is 4.75. The molecule has 4 rings (SSSR count). The summed E-state index contributed by atoms with van der Waals surface area (Å²) >= 11 is 0. The third kappa shape index (κ3) is 5.70.